The highest BCUT2D eigenvalue weighted by atomic mass is 32.1. The van der Waals surface area contributed by atoms with Crippen molar-refractivity contribution in [1.82, 2.24) is 0 Å². The van der Waals surface area contributed by atoms with E-state index in [0.29, 0.717) is 15.6 Å². The molecular weight excluding hydrogens is 388 g/mol. The van der Waals surface area contributed by atoms with E-state index in [-0.39, 0.29) is 29.7 Å². The molecule has 0 aliphatic carbocycles. The van der Waals surface area contributed by atoms with Crippen molar-refractivity contribution in [1.29, 1.82) is 0 Å². The molecule has 1 aliphatic heterocycles. The monoisotopic (exact) mass is 406 g/mol. The van der Waals surface area contributed by atoms with Gasteiger partial charge in [-0.1, -0.05) is 30.3 Å². The molecule has 6 nitrogen and oxygen atoms in total. The first kappa shape index (κ1) is 18.9. The van der Waals surface area contributed by atoms with Gasteiger partial charge in [0.15, 0.2) is 0 Å². The quantitative estimate of drug-likeness (QED) is 0.595. The van der Waals surface area contributed by atoms with Gasteiger partial charge in [0.1, 0.15) is 0 Å². The van der Waals surface area contributed by atoms with E-state index in [2.05, 4.69) is 10.6 Å². The number of thiophene rings is 1. The van der Waals surface area contributed by atoms with Gasteiger partial charge < -0.3 is 15.7 Å². The van der Waals surface area contributed by atoms with Crippen LogP contribution in [0, 0.1) is 6.92 Å². The Morgan fingerprint density at radius 2 is 1.79 bits per heavy atom. The molecular formula is C22H18N2O4S. The van der Waals surface area contributed by atoms with Crippen molar-refractivity contribution < 1.29 is 19.5 Å². The smallest absolute Gasteiger partial charge is 0.335 e. The second-order valence-corrected chi connectivity index (χ2v) is 7.87. The van der Waals surface area contributed by atoms with Crippen molar-refractivity contribution in [2.75, 3.05) is 10.6 Å². The van der Waals surface area contributed by atoms with Gasteiger partial charge in [0.25, 0.3) is 5.91 Å². The maximum absolute atomic E-state index is 12.8. The molecule has 1 atom stereocenters. The Bertz CT molecular complexity index is 1100. The van der Waals surface area contributed by atoms with E-state index in [1.165, 1.54) is 23.5 Å². The second-order valence-electron chi connectivity index (χ2n) is 6.85. The number of amides is 2. The largest absolute Gasteiger partial charge is 0.478 e. The van der Waals surface area contributed by atoms with Gasteiger partial charge in [0.05, 0.1) is 15.4 Å². The Balaban J connectivity index is 1.70. The van der Waals surface area contributed by atoms with E-state index < -0.39 is 5.97 Å². The number of carboxylic acids is 1. The zero-order chi connectivity index (χ0) is 20.5. The summed E-state index contributed by atoms with van der Waals surface area (Å²) in [6.45, 7) is 1.88. The SMILES string of the molecule is Cc1c(C(=O)Nc2ccccc2)sc2c1[C@@H](c1ccc(C(=O)O)cc1)CC(=O)N2. The van der Waals surface area contributed by atoms with E-state index in [0.717, 1.165) is 16.7 Å². The summed E-state index contributed by atoms with van der Waals surface area (Å²) in [6, 6.07) is 15.7. The second kappa shape index (κ2) is 7.52. The number of nitrogens with one attached hydrogen (secondary N) is 2. The molecule has 29 heavy (non-hydrogen) atoms. The molecule has 2 heterocycles. The van der Waals surface area contributed by atoms with Gasteiger partial charge in [-0.15, -0.1) is 11.3 Å². The lowest BCUT2D eigenvalue weighted by Crippen LogP contribution is -2.22. The molecule has 2 amide bonds. The molecule has 3 aromatic rings. The fraction of sp³-hybridized carbons (Fsp3) is 0.136. The Hall–Kier alpha value is -3.45. The van der Waals surface area contributed by atoms with Crippen LogP contribution in [0.4, 0.5) is 10.7 Å². The van der Waals surface area contributed by atoms with Crippen molar-refractivity contribution in [3.8, 4) is 0 Å². The third-order valence-corrected chi connectivity index (χ3v) is 6.20. The van der Waals surface area contributed by atoms with Gasteiger partial charge in [-0.05, 0) is 47.9 Å². The number of anilines is 2. The third-order valence-electron chi connectivity index (χ3n) is 4.98. The summed E-state index contributed by atoms with van der Waals surface area (Å²) in [6.07, 6.45) is 0.247. The lowest BCUT2D eigenvalue weighted by atomic mass is 9.84. The summed E-state index contributed by atoms with van der Waals surface area (Å²) in [5.74, 6) is -1.57. The van der Waals surface area contributed by atoms with Crippen molar-refractivity contribution >= 4 is 39.8 Å². The number of benzene rings is 2. The van der Waals surface area contributed by atoms with Crippen LogP contribution in [-0.4, -0.2) is 22.9 Å². The standard InChI is InChI=1S/C22H18N2O4S/c1-12-18-16(13-7-9-14(10-8-13)22(27)28)11-17(25)24-21(18)29-19(12)20(26)23-15-5-3-2-4-6-15/h2-10,16H,11H2,1H3,(H,23,26)(H,24,25)(H,27,28)/t16-/m1/s1. The van der Waals surface area contributed by atoms with Crippen LogP contribution in [0.15, 0.2) is 54.6 Å². The number of hydrogen-bond donors (Lipinski definition) is 3. The Kier molecular flexibility index (Phi) is 4.90. The predicted octanol–water partition coefficient (Wildman–Crippen LogP) is 4.48. The minimum absolute atomic E-state index is 0.124. The topological polar surface area (TPSA) is 95.5 Å². The number of carboxylic acid groups (broad SMARTS) is 1. The minimum atomic E-state index is -0.995. The van der Waals surface area contributed by atoms with Crippen molar-refractivity contribution in [2.45, 2.75) is 19.3 Å². The van der Waals surface area contributed by atoms with Gasteiger partial charge in [-0.2, -0.15) is 0 Å². The molecule has 4 rings (SSSR count). The van der Waals surface area contributed by atoms with Crippen molar-refractivity contribution in [3.05, 3.63) is 81.7 Å². The van der Waals surface area contributed by atoms with Gasteiger partial charge >= 0.3 is 5.97 Å². The fourth-order valence-corrected chi connectivity index (χ4v) is 4.75. The number of hydrogen-bond acceptors (Lipinski definition) is 4. The van der Waals surface area contributed by atoms with Crippen molar-refractivity contribution in [3.63, 3.8) is 0 Å². The van der Waals surface area contributed by atoms with Crippen LogP contribution >= 0.6 is 11.3 Å². The molecule has 7 heteroatoms. The summed E-state index contributed by atoms with van der Waals surface area (Å²) < 4.78 is 0. The lowest BCUT2D eigenvalue weighted by Gasteiger charge is -2.24. The molecule has 0 bridgehead atoms. The predicted molar refractivity (Wildman–Crippen MR) is 112 cm³/mol. The zero-order valence-electron chi connectivity index (χ0n) is 15.6. The molecule has 2 aromatic carbocycles. The highest BCUT2D eigenvalue weighted by Crippen LogP contribution is 2.45. The van der Waals surface area contributed by atoms with Crippen molar-refractivity contribution in [2.24, 2.45) is 0 Å². The first-order valence-corrected chi connectivity index (χ1v) is 9.88. The lowest BCUT2D eigenvalue weighted by molar-refractivity contribution is -0.116. The van der Waals surface area contributed by atoms with Crippen LogP contribution in [0.3, 0.4) is 0 Å². The molecule has 0 fully saturated rings. The van der Waals surface area contributed by atoms with Gasteiger partial charge in [0.2, 0.25) is 5.91 Å². The first-order valence-electron chi connectivity index (χ1n) is 9.07. The molecule has 1 aromatic heterocycles. The maximum Gasteiger partial charge on any atom is 0.335 e. The summed E-state index contributed by atoms with van der Waals surface area (Å²) in [7, 11) is 0. The van der Waals surface area contributed by atoms with E-state index in [4.69, 9.17) is 5.11 Å². The summed E-state index contributed by atoms with van der Waals surface area (Å²) in [4.78, 5) is 36.7. The third kappa shape index (κ3) is 3.64. The van der Waals surface area contributed by atoms with Crippen LogP contribution in [0.2, 0.25) is 0 Å². The summed E-state index contributed by atoms with van der Waals surface area (Å²) in [5.41, 5.74) is 3.48. The van der Waals surface area contributed by atoms with Gasteiger partial charge in [-0.3, -0.25) is 9.59 Å². The molecule has 0 saturated heterocycles. The average molecular weight is 406 g/mol. The average Bonchev–Trinajstić information content (AvgIpc) is 3.04. The van der Waals surface area contributed by atoms with Gasteiger partial charge in [0, 0.05) is 18.0 Å². The van der Waals surface area contributed by atoms with Crippen LogP contribution in [0.25, 0.3) is 0 Å². The summed E-state index contributed by atoms with van der Waals surface area (Å²) >= 11 is 1.26. The van der Waals surface area contributed by atoms with Crippen LogP contribution in [0.1, 0.15) is 49.1 Å². The number of para-hydroxylation sites is 1. The Labute approximate surface area is 171 Å². The van der Waals surface area contributed by atoms with Crippen LogP contribution in [0.5, 0.6) is 0 Å². The van der Waals surface area contributed by atoms with Crippen LogP contribution < -0.4 is 10.6 Å². The normalized spacial score (nSPS) is 15.3. The highest BCUT2D eigenvalue weighted by Gasteiger charge is 2.32. The number of carbonyl (C=O) groups excluding carboxylic acids is 2. The van der Waals surface area contributed by atoms with Gasteiger partial charge in [-0.25, -0.2) is 4.79 Å². The molecule has 0 spiro atoms. The Morgan fingerprint density at radius 3 is 2.45 bits per heavy atom. The zero-order valence-corrected chi connectivity index (χ0v) is 16.4. The molecule has 146 valence electrons. The highest BCUT2D eigenvalue weighted by molar-refractivity contribution is 7.18. The summed E-state index contributed by atoms with van der Waals surface area (Å²) in [5, 5.41) is 15.5. The van der Waals surface area contributed by atoms with E-state index in [1.54, 1.807) is 12.1 Å². The molecule has 0 saturated carbocycles. The van der Waals surface area contributed by atoms with Crippen LogP contribution in [-0.2, 0) is 4.79 Å². The fourth-order valence-electron chi connectivity index (χ4n) is 3.57. The molecule has 0 unspecified atom stereocenters. The first-order chi connectivity index (χ1) is 13.9. The molecule has 3 N–H and O–H groups in total. The van der Waals surface area contributed by atoms with E-state index in [9.17, 15) is 14.4 Å². The Morgan fingerprint density at radius 1 is 1.10 bits per heavy atom. The number of carbonyl (C=O) groups is 3. The maximum atomic E-state index is 12.8. The number of rotatable bonds is 4. The minimum Gasteiger partial charge on any atom is -0.478 e. The number of aromatic carboxylic acids is 1. The number of fused-ring (bicyclic) bond motifs is 1. The molecule has 1 aliphatic rings. The van der Waals surface area contributed by atoms with E-state index >= 15 is 0 Å². The van der Waals surface area contributed by atoms with E-state index in [1.807, 2.05) is 37.3 Å². The molecule has 0 radical (unpaired) electrons.